The maximum absolute atomic E-state index is 9.77. The maximum Gasteiger partial charge on any atom is 0.335 e. The summed E-state index contributed by atoms with van der Waals surface area (Å²) in [4.78, 5) is 19.5. The maximum atomic E-state index is 9.77. The summed E-state index contributed by atoms with van der Waals surface area (Å²) in [6.45, 7) is 1.11. The number of hydrogen-bond donors (Lipinski definition) is 5. The van der Waals surface area contributed by atoms with Gasteiger partial charge in [0.25, 0.3) is 0 Å². The number of rotatable bonds is 5. The van der Waals surface area contributed by atoms with Crippen molar-refractivity contribution in [3.63, 3.8) is 0 Å². The molecule has 0 aliphatic heterocycles. The van der Waals surface area contributed by atoms with E-state index >= 15 is 0 Å². The molecule has 17 heavy (non-hydrogen) atoms. The van der Waals surface area contributed by atoms with Crippen LogP contribution in [0.5, 0.6) is 0 Å². The van der Waals surface area contributed by atoms with Crippen molar-refractivity contribution >= 4 is 11.9 Å². The number of carboxylic acids is 2. The van der Waals surface area contributed by atoms with Gasteiger partial charge in [-0.3, -0.25) is 0 Å². The summed E-state index contributed by atoms with van der Waals surface area (Å²) in [7, 11) is 6.16. The number of carboxylic acid groups (broad SMARTS) is 2. The van der Waals surface area contributed by atoms with Crippen molar-refractivity contribution in [1.29, 1.82) is 0 Å². The van der Waals surface area contributed by atoms with Crippen LogP contribution in [0.4, 0.5) is 0 Å². The van der Waals surface area contributed by atoms with Gasteiger partial charge in [-0.1, -0.05) is 0 Å². The number of quaternary nitrogens is 1. The van der Waals surface area contributed by atoms with Gasteiger partial charge in [0, 0.05) is 0 Å². The first-order valence-corrected chi connectivity index (χ1v) is 4.76. The van der Waals surface area contributed by atoms with Crippen LogP contribution in [0, 0.1) is 0 Å². The smallest absolute Gasteiger partial charge is 0.335 e. The fourth-order valence-corrected chi connectivity index (χ4v) is 0.570. The van der Waals surface area contributed by atoms with E-state index in [0.29, 0.717) is 0 Å². The van der Waals surface area contributed by atoms with E-state index < -0.39 is 24.1 Å². The molecule has 2 atom stereocenters. The first kappa shape index (κ1) is 18.2. The molecular formula is C9H20NO7+. The van der Waals surface area contributed by atoms with Crippen molar-refractivity contribution in [1.82, 2.24) is 0 Å². The van der Waals surface area contributed by atoms with Crippen molar-refractivity contribution in [2.45, 2.75) is 12.2 Å². The van der Waals surface area contributed by atoms with Gasteiger partial charge in [-0.15, -0.1) is 0 Å². The highest BCUT2D eigenvalue weighted by atomic mass is 16.4. The zero-order valence-electron chi connectivity index (χ0n) is 10.1. The fourth-order valence-electron chi connectivity index (χ4n) is 0.570. The van der Waals surface area contributed by atoms with Crippen molar-refractivity contribution in [2.24, 2.45) is 0 Å². The zero-order valence-corrected chi connectivity index (χ0v) is 10.1. The van der Waals surface area contributed by atoms with Crippen LogP contribution in [-0.4, -0.2) is 88.5 Å². The summed E-state index contributed by atoms with van der Waals surface area (Å²) in [5.74, 6) is -3.54. The molecule has 0 aliphatic rings. The van der Waals surface area contributed by atoms with Gasteiger partial charge in [-0.2, -0.15) is 0 Å². The standard InChI is InChI=1S/C5H14NO.C4H6O6/c1-6(2,3)4-5-7;5-1(3(7)8)2(6)4(9)10/h7H,4-5H2,1-3H3;1-2,5-6H,(H,7,8)(H,9,10)/q+1;. The highest BCUT2D eigenvalue weighted by molar-refractivity contribution is 5.83. The molecule has 8 heteroatoms. The second kappa shape index (κ2) is 7.96. The lowest BCUT2D eigenvalue weighted by Crippen LogP contribution is -2.39. The molecule has 0 saturated heterocycles. The number of aliphatic hydroxyl groups excluding tert-OH is 3. The summed E-state index contributed by atoms with van der Waals surface area (Å²) in [6, 6.07) is 0. The Kier molecular flexibility index (Phi) is 8.50. The zero-order chi connectivity index (χ0) is 14.2. The van der Waals surface area contributed by atoms with E-state index in [2.05, 4.69) is 21.1 Å². The van der Waals surface area contributed by atoms with Crippen LogP contribution in [0.2, 0.25) is 0 Å². The van der Waals surface area contributed by atoms with E-state index in [0.717, 1.165) is 11.0 Å². The predicted molar refractivity (Wildman–Crippen MR) is 57.3 cm³/mol. The van der Waals surface area contributed by atoms with Crippen LogP contribution in [0.3, 0.4) is 0 Å². The molecule has 2 unspecified atom stereocenters. The Balaban J connectivity index is 0. The first-order valence-electron chi connectivity index (χ1n) is 4.76. The largest absolute Gasteiger partial charge is 0.479 e. The second-order valence-electron chi connectivity index (χ2n) is 4.30. The Morgan fingerprint density at radius 3 is 1.35 bits per heavy atom. The molecule has 0 aromatic carbocycles. The van der Waals surface area contributed by atoms with Gasteiger partial charge in [0.2, 0.25) is 0 Å². The fraction of sp³-hybridized carbons (Fsp3) is 0.778. The van der Waals surface area contributed by atoms with E-state index in [1.165, 1.54) is 0 Å². The minimum atomic E-state index is -2.27. The molecular weight excluding hydrogens is 234 g/mol. The Morgan fingerprint density at radius 1 is 1.00 bits per heavy atom. The van der Waals surface area contributed by atoms with Gasteiger partial charge in [0.15, 0.2) is 12.2 Å². The second-order valence-corrected chi connectivity index (χ2v) is 4.30. The van der Waals surface area contributed by atoms with Crippen LogP contribution >= 0.6 is 0 Å². The van der Waals surface area contributed by atoms with Gasteiger partial charge in [0.05, 0.1) is 27.7 Å². The molecule has 0 saturated carbocycles. The van der Waals surface area contributed by atoms with E-state index in [1.807, 2.05) is 0 Å². The molecule has 0 fully saturated rings. The molecule has 0 spiro atoms. The van der Waals surface area contributed by atoms with E-state index in [-0.39, 0.29) is 6.61 Å². The third-order valence-electron chi connectivity index (χ3n) is 1.58. The average molecular weight is 254 g/mol. The molecule has 102 valence electrons. The molecule has 5 N–H and O–H groups in total. The van der Waals surface area contributed by atoms with Crippen LogP contribution in [-0.2, 0) is 9.59 Å². The van der Waals surface area contributed by atoms with Gasteiger partial charge >= 0.3 is 11.9 Å². The van der Waals surface area contributed by atoms with Gasteiger partial charge < -0.3 is 30.0 Å². The highest BCUT2D eigenvalue weighted by Crippen LogP contribution is 1.92. The Morgan fingerprint density at radius 2 is 1.29 bits per heavy atom. The number of carbonyl (C=O) groups is 2. The molecule has 0 amide bonds. The molecule has 0 bridgehead atoms. The number of nitrogens with zero attached hydrogens (tertiary/aromatic N) is 1. The topological polar surface area (TPSA) is 135 Å². The van der Waals surface area contributed by atoms with Crippen LogP contribution < -0.4 is 0 Å². The SMILES string of the molecule is C[N+](C)(C)CCO.O=C(O)C(O)C(O)C(=O)O. The summed E-state index contributed by atoms with van der Waals surface area (Å²) in [6.07, 6.45) is -4.53. The number of aliphatic hydroxyl groups is 3. The van der Waals surface area contributed by atoms with Crippen molar-refractivity contribution in [3.8, 4) is 0 Å². The lowest BCUT2D eigenvalue weighted by Gasteiger charge is -2.21. The summed E-state index contributed by atoms with van der Waals surface area (Å²) in [5, 5.41) is 40.9. The highest BCUT2D eigenvalue weighted by Gasteiger charge is 2.29. The van der Waals surface area contributed by atoms with Crippen molar-refractivity contribution in [3.05, 3.63) is 0 Å². The molecule has 0 radical (unpaired) electrons. The van der Waals surface area contributed by atoms with Gasteiger partial charge in [-0.25, -0.2) is 9.59 Å². The molecule has 0 heterocycles. The first-order chi connectivity index (χ1) is 7.52. The van der Waals surface area contributed by atoms with E-state index in [1.54, 1.807) is 0 Å². The summed E-state index contributed by atoms with van der Waals surface area (Å²) >= 11 is 0. The minimum absolute atomic E-state index is 0.281. The Hall–Kier alpha value is -1.22. The number of hydrogen-bond acceptors (Lipinski definition) is 5. The Labute approximate surface area is 98.9 Å². The summed E-state index contributed by atoms with van der Waals surface area (Å²) in [5.41, 5.74) is 0. The lowest BCUT2D eigenvalue weighted by molar-refractivity contribution is -0.870. The van der Waals surface area contributed by atoms with Crippen LogP contribution in [0.25, 0.3) is 0 Å². The third-order valence-corrected chi connectivity index (χ3v) is 1.58. The minimum Gasteiger partial charge on any atom is -0.479 e. The van der Waals surface area contributed by atoms with Crippen LogP contribution in [0.1, 0.15) is 0 Å². The summed E-state index contributed by atoms with van der Waals surface area (Å²) < 4.78 is 0.844. The normalized spacial score (nSPS) is 14.2. The lowest BCUT2D eigenvalue weighted by atomic mass is 10.2. The monoisotopic (exact) mass is 254 g/mol. The van der Waals surface area contributed by atoms with Crippen molar-refractivity contribution < 1.29 is 39.6 Å². The molecule has 0 rings (SSSR count). The average Bonchev–Trinajstić information content (AvgIpc) is 2.14. The third kappa shape index (κ3) is 11.1. The van der Waals surface area contributed by atoms with Crippen LogP contribution in [0.15, 0.2) is 0 Å². The number of likely N-dealkylation sites (N-methyl/N-ethyl adjacent to an activating group) is 1. The van der Waals surface area contributed by atoms with E-state index in [9.17, 15) is 9.59 Å². The van der Waals surface area contributed by atoms with Gasteiger partial charge in [0.1, 0.15) is 6.54 Å². The molecule has 0 aromatic heterocycles. The van der Waals surface area contributed by atoms with Gasteiger partial charge in [-0.05, 0) is 0 Å². The van der Waals surface area contributed by atoms with Crippen molar-refractivity contribution in [2.75, 3.05) is 34.3 Å². The van der Waals surface area contributed by atoms with E-state index in [4.69, 9.17) is 25.5 Å². The predicted octanol–water partition coefficient (Wildman–Crippen LogP) is -2.44. The quantitative estimate of drug-likeness (QED) is 0.344. The molecule has 0 aromatic rings. The Bertz CT molecular complexity index is 230. The molecule has 8 nitrogen and oxygen atoms in total. The molecule has 0 aliphatic carbocycles. The number of aliphatic carboxylic acids is 2.